The highest BCUT2D eigenvalue weighted by molar-refractivity contribution is 7.91. The van der Waals surface area contributed by atoms with E-state index in [-0.39, 0.29) is 23.6 Å². The van der Waals surface area contributed by atoms with Crippen LogP contribution in [0.3, 0.4) is 0 Å². The summed E-state index contributed by atoms with van der Waals surface area (Å²) in [5.41, 5.74) is 3.51. The van der Waals surface area contributed by atoms with Crippen molar-refractivity contribution in [1.29, 1.82) is 0 Å². The summed E-state index contributed by atoms with van der Waals surface area (Å²) in [6.07, 6.45) is 0. The molecule has 2 saturated heterocycles. The molecule has 0 aliphatic carbocycles. The predicted molar refractivity (Wildman–Crippen MR) is 105 cm³/mol. The van der Waals surface area contributed by atoms with Gasteiger partial charge in [0.25, 0.3) is 0 Å². The Morgan fingerprint density at radius 2 is 1.41 bits per heavy atom. The van der Waals surface area contributed by atoms with Gasteiger partial charge in [0, 0.05) is 11.4 Å². The van der Waals surface area contributed by atoms with Gasteiger partial charge in [0.1, 0.15) is 5.75 Å². The van der Waals surface area contributed by atoms with Crippen molar-refractivity contribution >= 4 is 27.2 Å². The third-order valence-electron chi connectivity index (χ3n) is 5.20. The van der Waals surface area contributed by atoms with Gasteiger partial charge in [0.05, 0.1) is 30.7 Å². The van der Waals surface area contributed by atoms with E-state index in [1.54, 1.807) is 41.2 Å². The van der Waals surface area contributed by atoms with Gasteiger partial charge in [-0.25, -0.2) is 13.2 Å². The van der Waals surface area contributed by atoms with Crippen molar-refractivity contribution in [3.05, 3.63) is 53.6 Å². The fourth-order valence-electron chi connectivity index (χ4n) is 4.14. The molecule has 2 aliphatic rings. The number of hydrogen-bond acceptors (Lipinski definition) is 4. The van der Waals surface area contributed by atoms with Gasteiger partial charge >= 0.3 is 6.03 Å². The Labute approximate surface area is 159 Å². The second-order valence-electron chi connectivity index (χ2n) is 7.28. The summed E-state index contributed by atoms with van der Waals surface area (Å²) in [5, 5.41) is 0. The number of urea groups is 1. The summed E-state index contributed by atoms with van der Waals surface area (Å²) in [7, 11) is -1.62. The number of amides is 2. The lowest BCUT2D eigenvalue weighted by atomic mass is 10.1. The van der Waals surface area contributed by atoms with Gasteiger partial charge in [-0.1, -0.05) is 6.07 Å². The molecular weight excluding hydrogens is 364 g/mol. The van der Waals surface area contributed by atoms with Crippen molar-refractivity contribution in [3.8, 4) is 5.75 Å². The number of carbonyl (C=O) groups is 1. The van der Waals surface area contributed by atoms with Crippen molar-refractivity contribution in [2.24, 2.45) is 0 Å². The Balaban J connectivity index is 1.80. The van der Waals surface area contributed by atoms with E-state index in [2.05, 4.69) is 0 Å². The molecule has 2 aromatic rings. The van der Waals surface area contributed by atoms with Crippen LogP contribution in [-0.2, 0) is 9.84 Å². The van der Waals surface area contributed by atoms with Crippen molar-refractivity contribution in [3.63, 3.8) is 0 Å². The topological polar surface area (TPSA) is 66.9 Å². The van der Waals surface area contributed by atoms with Gasteiger partial charge in [-0.3, -0.25) is 9.80 Å². The smallest absolute Gasteiger partial charge is 0.329 e. The molecule has 0 unspecified atom stereocenters. The first-order chi connectivity index (χ1) is 12.8. The van der Waals surface area contributed by atoms with Gasteiger partial charge < -0.3 is 4.74 Å². The Bertz CT molecular complexity index is 981. The summed E-state index contributed by atoms with van der Waals surface area (Å²) in [5.74, 6) is 0.659. The molecule has 0 radical (unpaired) electrons. The Morgan fingerprint density at radius 3 is 1.93 bits per heavy atom. The van der Waals surface area contributed by atoms with E-state index in [0.717, 1.165) is 16.8 Å². The highest BCUT2D eigenvalue weighted by atomic mass is 32.2. The van der Waals surface area contributed by atoms with Crippen LogP contribution in [0.15, 0.2) is 42.5 Å². The summed E-state index contributed by atoms with van der Waals surface area (Å²) < 4.78 is 29.9. The standard InChI is InChI=1S/C20H22N2O4S/c1-13-8-14(2)10-16(9-13)22-19-12-27(24,25)11-18(19)21(20(22)23)15-4-6-17(26-3)7-5-15/h4-10,18-19H,11-12H2,1-3H3/t18-,19-/m0/s1. The summed E-state index contributed by atoms with van der Waals surface area (Å²) in [6.45, 7) is 3.95. The monoisotopic (exact) mass is 386 g/mol. The van der Waals surface area contributed by atoms with Crippen LogP contribution in [0.5, 0.6) is 5.75 Å². The largest absolute Gasteiger partial charge is 0.497 e. The van der Waals surface area contributed by atoms with E-state index in [1.165, 1.54) is 0 Å². The molecule has 4 rings (SSSR count). The highest BCUT2D eigenvalue weighted by Gasteiger charge is 2.54. The number of hydrogen-bond donors (Lipinski definition) is 0. The molecule has 2 fully saturated rings. The molecule has 0 bridgehead atoms. The normalized spacial score (nSPS) is 23.6. The minimum Gasteiger partial charge on any atom is -0.497 e. The van der Waals surface area contributed by atoms with Gasteiger partial charge in [0.15, 0.2) is 9.84 Å². The molecule has 2 heterocycles. The number of ether oxygens (including phenoxy) is 1. The molecule has 2 amide bonds. The summed E-state index contributed by atoms with van der Waals surface area (Å²) >= 11 is 0. The van der Waals surface area contributed by atoms with E-state index in [1.807, 2.05) is 32.0 Å². The van der Waals surface area contributed by atoms with Crippen LogP contribution in [-0.4, -0.2) is 45.1 Å². The quantitative estimate of drug-likeness (QED) is 0.761. The minimum absolute atomic E-state index is 0.0109. The van der Waals surface area contributed by atoms with E-state index in [9.17, 15) is 13.2 Å². The maximum absolute atomic E-state index is 13.3. The van der Waals surface area contributed by atoms with Gasteiger partial charge in [-0.05, 0) is 61.4 Å². The molecule has 0 N–H and O–H groups in total. The van der Waals surface area contributed by atoms with Crippen LogP contribution < -0.4 is 14.5 Å². The van der Waals surface area contributed by atoms with Crippen LogP contribution in [0.4, 0.5) is 16.2 Å². The molecule has 0 spiro atoms. The van der Waals surface area contributed by atoms with Crippen molar-refractivity contribution in [2.75, 3.05) is 28.4 Å². The molecule has 2 aliphatic heterocycles. The lowest BCUT2D eigenvalue weighted by molar-refractivity contribution is 0.255. The first-order valence-corrected chi connectivity index (χ1v) is 10.7. The minimum atomic E-state index is -3.20. The third-order valence-corrected chi connectivity index (χ3v) is 6.90. The van der Waals surface area contributed by atoms with Crippen LogP contribution in [0.25, 0.3) is 0 Å². The van der Waals surface area contributed by atoms with Gasteiger partial charge in [0.2, 0.25) is 0 Å². The summed E-state index contributed by atoms with van der Waals surface area (Å²) in [6, 6.07) is 12.1. The van der Waals surface area contributed by atoms with Crippen molar-refractivity contribution in [1.82, 2.24) is 0 Å². The fourth-order valence-corrected chi connectivity index (χ4v) is 6.06. The Kier molecular flexibility index (Phi) is 4.14. The maximum Gasteiger partial charge on any atom is 0.329 e. The first kappa shape index (κ1) is 17.9. The Hall–Kier alpha value is -2.54. The van der Waals surface area contributed by atoms with Crippen LogP contribution in [0.1, 0.15) is 11.1 Å². The number of rotatable bonds is 3. The van der Waals surface area contributed by atoms with Crippen LogP contribution in [0, 0.1) is 13.8 Å². The zero-order chi connectivity index (χ0) is 19.3. The molecular formula is C20H22N2O4S. The Morgan fingerprint density at radius 1 is 0.889 bits per heavy atom. The number of benzene rings is 2. The second kappa shape index (κ2) is 6.27. The third kappa shape index (κ3) is 3.06. The SMILES string of the molecule is COc1ccc(N2C(=O)N(c3cc(C)cc(C)c3)[C@H]3CS(=O)(=O)C[C@@H]32)cc1. The lowest BCUT2D eigenvalue weighted by Gasteiger charge is -2.23. The number of methoxy groups -OCH3 is 1. The summed E-state index contributed by atoms with van der Waals surface area (Å²) in [4.78, 5) is 16.6. The average Bonchev–Trinajstić information content (AvgIpc) is 3.02. The molecule has 142 valence electrons. The molecule has 0 saturated carbocycles. The number of fused-ring (bicyclic) bond motifs is 1. The number of sulfone groups is 1. The maximum atomic E-state index is 13.3. The van der Waals surface area contributed by atoms with E-state index in [0.29, 0.717) is 11.4 Å². The molecule has 0 aromatic heterocycles. The zero-order valence-corrected chi connectivity index (χ0v) is 16.4. The van der Waals surface area contributed by atoms with Gasteiger partial charge in [-0.2, -0.15) is 0 Å². The predicted octanol–water partition coefficient (Wildman–Crippen LogP) is 2.92. The fraction of sp³-hybridized carbons (Fsp3) is 0.350. The van der Waals surface area contributed by atoms with E-state index >= 15 is 0 Å². The second-order valence-corrected chi connectivity index (χ2v) is 9.43. The first-order valence-electron chi connectivity index (χ1n) is 8.84. The average molecular weight is 386 g/mol. The number of carbonyl (C=O) groups excluding carboxylic acids is 1. The van der Waals surface area contributed by atoms with Crippen LogP contribution in [0.2, 0.25) is 0 Å². The number of aryl methyl sites for hydroxylation is 2. The van der Waals surface area contributed by atoms with Gasteiger partial charge in [-0.15, -0.1) is 0 Å². The van der Waals surface area contributed by atoms with E-state index < -0.39 is 15.9 Å². The number of nitrogens with zero attached hydrogens (tertiary/aromatic N) is 2. The van der Waals surface area contributed by atoms with E-state index in [4.69, 9.17) is 4.74 Å². The van der Waals surface area contributed by atoms with Crippen molar-refractivity contribution < 1.29 is 17.9 Å². The molecule has 27 heavy (non-hydrogen) atoms. The molecule has 2 aromatic carbocycles. The lowest BCUT2D eigenvalue weighted by Crippen LogP contribution is -2.38. The highest BCUT2D eigenvalue weighted by Crippen LogP contribution is 2.38. The molecule has 6 nitrogen and oxygen atoms in total. The van der Waals surface area contributed by atoms with Crippen LogP contribution >= 0.6 is 0 Å². The molecule has 2 atom stereocenters. The van der Waals surface area contributed by atoms with Crippen molar-refractivity contribution in [2.45, 2.75) is 25.9 Å². The zero-order valence-electron chi connectivity index (χ0n) is 15.5. The number of anilines is 2. The molecule has 7 heteroatoms.